The number of aromatic nitrogens is 2. The van der Waals surface area contributed by atoms with E-state index in [1.807, 2.05) is 12.4 Å². The summed E-state index contributed by atoms with van der Waals surface area (Å²) in [7, 11) is 0. The van der Waals surface area contributed by atoms with Gasteiger partial charge in [-0.05, 0) is 59.9 Å². The molecule has 0 spiro atoms. The SMILES string of the molecule is c1ccc2c(CCNc3ccc(Cc4ccncc4)cc3)c[nH]c2c1. The molecule has 2 aromatic heterocycles. The van der Waals surface area contributed by atoms with Crippen molar-refractivity contribution in [1.82, 2.24) is 9.97 Å². The maximum atomic E-state index is 4.06. The zero-order chi connectivity index (χ0) is 16.9. The highest BCUT2D eigenvalue weighted by Crippen LogP contribution is 2.18. The molecule has 0 unspecified atom stereocenters. The summed E-state index contributed by atoms with van der Waals surface area (Å²) in [6, 6.07) is 21.3. The van der Waals surface area contributed by atoms with Crippen LogP contribution in [0.3, 0.4) is 0 Å². The number of hydrogen-bond donors (Lipinski definition) is 2. The molecule has 0 radical (unpaired) electrons. The molecule has 25 heavy (non-hydrogen) atoms. The van der Waals surface area contributed by atoms with Gasteiger partial charge in [0, 0.05) is 41.7 Å². The lowest BCUT2D eigenvalue weighted by Gasteiger charge is -2.08. The molecule has 2 N–H and O–H groups in total. The van der Waals surface area contributed by atoms with Gasteiger partial charge in [-0.3, -0.25) is 4.98 Å². The molecule has 0 saturated heterocycles. The molecule has 0 fully saturated rings. The Bertz CT molecular complexity index is 940. The molecule has 0 aliphatic carbocycles. The van der Waals surface area contributed by atoms with Crippen molar-refractivity contribution in [3.05, 3.63) is 95.9 Å². The molecule has 0 bridgehead atoms. The van der Waals surface area contributed by atoms with Gasteiger partial charge in [-0.25, -0.2) is 0 Å². The fourth-order valence-electron chi connectivity index (χ4n) is 3.16. The molecular formula is C22H21N3. The van der Waals surface area contributed by atoms with Crippen LogP contribution in [-0.2, 0) is 12.8 Å². The number of aromatic amines is 1. The van der Waals surface area contributed by atoms with Gasteiger partial charge in [0.1, 0.15) is 0 Å². The summed E-state index contributed by atoms with van der Waals surface area (Å²) in [6.07, 6.45) is 7.75. The highest BCUT2D eigenvalue weighted by atomic mass is 14.9. The second-order valence-electron chi connectivity index (χ2n) is 6.27. The van der Waals surface area contributed by atoms with Crippen molar-refractivity contribution in [1.29, 1.82) is 0 Å². The van der Waals surface area contributed by atoms with Crippen molar-refractivity contribution in [2.75, 3.05) is 11.9 Å². The first-order valence-electron chi connectivity index (χ1n) is 8.65. The molecule has 0 aliphatic heterocycles. The number of benzene rings is 2. The fraction of sp³-hybridized carbons (Fsp3) is 0.136. The predicted molar refractivity (Wildman–Crippen MR) is 104 cm³/mol. The highest BCUT2D eigenvalue weighted by molar-refractivity contribution is 5.83. The maximum absolute atomic E-state index is 4.06. The number of fused-ring (bicyclic) bond motifs is 1. The molecule has 0 saturated carbocycles. The molecule has 4 aromatic rings. The third-order valence-corrected chi connectivity index (χ3v) is 4.51. The number of para-hydroxylation sites is 1. The van der Waals surface area contributed by atoms with Crippen LogP contribution in [0.1, 0.15) is 16.7 Å². The second kappa shape index (κ2) is 7.22. The van der Waals surface area contributed by atoms with Crippen molar-refractivity contribution in [2.24, 2.45) is 0 Å². The lowest BCUT2D eigenvalue weighted by molar-refractivity contribution is 1.03. The maximum Gasteiger partial charge on any atom is 0.0456 e. The van der Waals surface area contributed by atoms with Gasteiger partial charge in [0.25, 0.3) is 0 Å². The van der Waals surface area contributed by atoms with Crippen LogP contribution in [0.25, 0.3) is 10.9 Å². The predicted octanol–water partition coefficient (Wildman–Crippen LogP) is 4.81. The summed E-state index contributed by atoms with van der Waals surface area (Å²) >= 11 is 0. The van der Waals surface area contributed by atoms with Crippen LogP contribution in [0.15, 0.2) is 79.3 Å². The number of rotatable bonds is 6. The van der Waals surface area contributed by atoms with E-state index in [1.165, 1.54) is 33.3 Å². The Hall–Kier alpha value is -3.07. The summed E-state index contributed by atoms with van der Waals surface area (Å²) in [6.45, 7) is 0.922. The number of nitrogens with one attached hydrogen (secondary N) is 2. The van der Waals surface area contributed by atoms with Crippen molar-refractivity contribution < 1.29 is 0 Å². The summed E-state index contributed by atoms with van der Waals surface area (Å²) in [5, 5.41) is 4.83. The number of anilines is 1. The second-order valence-corrected chi connectivity index (χ2v) is 6.27. The highest BCUT2D eigenvalue weighted by Gasteiger charge is 2.02. The van der Waals surface area contributed by atoms with Crippen LogP contribution in [0.2, 0.25) is 0 Å². The van der Waals surface area contributed by atoms with E-state index in [9.17, 15) is 0 Å². The molecule has 4 rings (SSSR count). The van der Waals surface area contributed by atoms with Crippen molar-refractivity contribution in [3.8, 4) is 0 Å². The van der Waals surface area contributed by atoms with E-state index in [2.05, 4.69) is 82.1 Å². The van der Waals surface area contributed by atoms with Crippen LogP contribution in [0.5, 0.6) is 0 Å². The van der Waals surface area contributed by atoms with Crippen molar-refractivity contribution in [3.63, 3.8) is 0 Å². The van der Waals surface area contributed by atoms with E-state index in [1.54, 1.807) is 0 Å². The van der Waals surface area contributed by atoms with Crippen molar-refractivity contribution >= 4 is 16.6 Å². The van der Waals surface area contributed by atoms with Crippen LogP contribution < -0.4 is 5.32 Å². The van der Waals surface area contributed by atoms with E-state index in [-0.39, 0.29) is 0 Å². The quantitative estimate of drug-likeness (QED) is 0.533. The first-order valence-corrected chi connectivity index (χ1v) is 8.65. The molecule has 0 amide bonds. The van der Waals surface area contributed by atoms with Crippen LogP contribution in [0.4, 0.5) is 5.69 Å². The molecular weight excluding hydrogens is 306 g/mol. The van der Waals surface area contributed by atoms with Gasteiger partial charge in [0.2, 0.25) is 0 Å². The van der Waals surface area contributed by atoms with Gasteiger partial charge < -0.3 is 10.3 Å². The van der Waals surface area contributed by atoms with Crippen LogP contribution in [0, 0.1) is 0 Å². The minimum Gasteiger partial charge on any atom is -0.385 e. The minimum absolute atomic E-state index is 0.922. The smallest absolute Gasteiger partial charge is 0.0456 e. The standard InChI is InChI=1S/C22H21N3/c1-2-4-22-21(3-1)19(16-25-22)11-14-24-20-7-5-17(6-8-20)15-18-9-12-23-13-10-18/h1-10,12-13,16,24-25H,11,14-15H2. The Morgan fingerprint density at radius 2 is 1.60 bits per heavy atom. The largest absolute Gasteiger partial charge is 0.385 e. The van der Waals surface area contributed by atoms with E-state index >= 15 is 0 Å². The van der Waals surface area contributed by atoms with Gasteiger partial charge >= 0.3 is 0 Å². The summed E-state index contributed by atoms with van der Waals surface area (Å²) in [4.78, 5) is 7.40. The Labute approximate surface area is 147 Å². The molecule has 2 aromatic carbocycles. The number of nitrogens with zero attached hydrogens (tertiary/aromatic N) is 1. The van der Waals surface area contributed by atoms with Crippen LogP contribution >= 0.6 is 0 Å². The third kappa shape index (κ3) is 3.72. The van der Waals surface area contributed by atoms with Crippen LogP contribution in [-0.4, -0.2) is 16.5 Å². The Morgan fingerprint density at radius 1 is 0.840 bits per heavy atom. The van der Waals surface area contributed by atoms with E-state index in [0.29, 0.717) is 0 Å². The molecule has 3 heteroatoms. The number of pyridine rings is 1. The lowest BCUT2D eigenvalue weighted by Crippen LogP contribution is -2.04. The average Bonchev–Trinajstić information content (AvgIpc) is 3.07. The van der Waals surface area contributed by atoms with Gasteiger partial charge in [-0.15, -0.1) is 0 Å². The van der Waals surface area contributed by atoms with E-state index in [4.69, 9.17) is 0 Å². The molecule has 124 valence electrons. The zero-order valence-electron chi connectivity index (χ0n) is 14.1. The number of hydrogen-bond acceptors (Lipinski definition) is 2. The summed E-state index contributed by atoms with van der Waals surface area (Å²) < 4.78 is 0. The average molecular weight is 327 g/mol. The van der Waals surface area contributed by atoms with Gasteiger partial charge in [-0.2, -0.15) is 0 Å². The normalized spacial score (nSPS) is 10.9. The Kier molecular flexibility index (Phi) is 4.46. The van der Waals surface area contributed by atoms with Gasteiger partial charge in [-0.1, -0.05) is 30.3 Å². The Morgan fingerprint density at radius 3 is 2.44 bits per heavy atom. The zero-order valence-corrected chi connectivity index (χ0v) is 14.1. The summed E-state index contributed by atoms with van der Waals surface area (Å²) in [5.41, 5.74) is 6.33. The monoisotopic (exact) mass is 327 g/mol. The lowest BCUT2D eigenvalue weighted by atomic mass is 10.1. The topological polar surface area (TPSA) is 40.7 Å². The van der Waals surface area contributed by atoms with E-state index < -0.39 is 0 Å². The first-order chi connectivity index (χ1) is 12.4. The molecule has 2 heterocycles. The summed E-state index contributed by atoms with van der Waals surface area (Å²) in [5.74, 6) is 0. The molecule has 0 aliphatic rings. The molecule has 0 atom stereocenters. The fourth-order valence-corrected chi connectivity index (χ4v) is 3.16. The number of H-pyrrole nitrogens is 1. The van der Waals surface area contributed by atoms with Gasteiger partial charge in [0.05, 0.1) is 0 Å². The molecule has 3 nitrogen and oxygen atoms in total. The van der Waals surface area contributed by atoms with Crippen molar-refractivity contribution in [2.45, 2.75) is 12.8 Å². The Balaban J connectivity index is 1.34. The third-order valence-electron chi connectivity index (χ3n) is 4.51. The van der Waals surface area contributed by atoms with Gasteiger partial charge in [0.15, 0.2) is 0 Å². The minimum atomic E-state index is 0.922. The first kappa shape index (κ1) is 15.5. The van der Waals surface area contributed by atoms with E-state index in [0.717, 1.165) is 19.4 Å².